The summed E-state index contributed by atoms with van der Waals surface area (Å²) in [6.07, 6.45) is 7.98. The zero-order valence-corrected chi connectivity index (χ0v) is 18.0. The first-order chi connectivity index (χ1) is 14.5. The molecule has 1 spiro atoms. The van der Waals surface area contributed by atoms with Crippen LogP contribution in [-0.2, 0) is 11.2 Å². The number of nitrogens with zero attached hydrogens (tertiary/aromatic N) is 3. The van der Waals surface area contributed by atoms with Crippen LogP contribution in [0.15, 0.2) is 22.9 Å². The molecule has 0 saturated carbocycles. The van der Waals surface area contributed by atoms with E-state index >= 15 is 0 Å². The molecule has 7 nitrogen and oxygen atoms in total. The predicted molar refractivity (Wildman–Crippen MR) is 113 cm³/mol. The summed E-state index contributed by atoms with van der Waals surface area (Å²) in [5.74, 6) is 2.86. The second-order valence-corrected chi connectivity index (χ2v) is 9.07. The minimum Gasteiger partial charge on any atom is -0.459 e. The molecular weight excluding hydrogens is 380 g/mol. The zero-order chi connectivity index (χ0) is 20.9. The van der Waals surface area contributed by atoms with Gasteiger partial charge in [0.1, 0.15) is 11.6 Å². The smallest absolute Gasteiger partial charge is 0.287 e. The van der Waals surface area contributed by atoms with E-state index in [1.54, 1.807) is 6.26 Å². The van der Waals surface area contributed by atoms with Crippen molar-refractivity contribution in [3.05, 3.63) is 41.2 Å². The van der Waals surface area contributed by atoms with Gasteiger partial charge in [0.25, 0.3) is 5.91 Å². The molecule has 1 amide bonds. The van der Waals surface area contributed by atoms with Crippen LogP contribution >= 0.6 is 0 Å². The number of aromatic nitrogens is 2. The van der Waals surface area contributed by atoms with Gasteiger partial charge in [-0.15, -0.1) is 0 Å². The van der Waals surface area contributed by atoms with Crippen molar-refractivity contribution in [2.24, 2.45) is 11.8 Å². The Balaban J connectivity index is 1.33. The molecule has 4 atom stereocenters. The number of hydrogen-bond acceptors (Lipinski definition) is 6. The van der Waals surface area contributed by atoms with Gasteiger partial charge in [-0.3, -0.25) is 4.79 Å². The van der Waals surface area contributed by atoms with Crippen molar-refractivity contribution < 1.29 is 13.9 Å². The van der Waals surface area contributed by atoms with Gasteiger partial charge in [-0.25, -0.2) is 9.97 Å². The van der Waals surface area contributed by atoms with Crippen molar-refractivity contribution in [3.8, 4) is 0 Å². The molecule has 3 fully saturated rings. The Labute approximate surface area is 177 Å². The second-order valence-electron chi connectivity index (χ2n) is 9.07. The molecule has 0 radical (unpaired) electrons. The Morgan fingerprint density at radius 1 is 1.40 bits per heavy atom. The first-order valence-electron chi connectivity index (χ1n) is 11.1. The molecule has 7 heteroatoms. The van der Waals surface area contributed by atoms with E-state index in [4.69, 9.17) is 14.1 Å². The maximum Gasteiger partial charge on any atom is 0.287 e. The van der Waals surface area contributed by atoms with Crippen LogP contribution < -0.4 is 10.2 Å². The molecular formula is C23H30N4O3. The summed E-state index contributed by atoms with van der Waals surface area (Å²) < 4.78 is 11.9. The molecule has 2 aromatic heterocycles. The highest BCUT2D eigenvalue weighted by Crippen LogP contribution is 2.55. The topological polar surface area (TPSA) is 80.5 Å². The van der Waals surface area contributed by atoms with Gasteiger partial charge in [-0.2, -0.15) is 0 Å². The van der Waals surface area contributed by atoms with Gasteiger partial charge in [-0.1, -0.05) is 13.3 Å². The number of ether oxygens (including phenoxy) is 1. The van der Waals surface area contributed by atoms with Gasteiger partial charge >= 0.3 is 0 Å². The highest BCUT2D eigenvalue weighted by Gasteiger charge is 2.63. The summed E-state index contributed by atoms with van der Waals surface area (Å²) in [6, 6.07) is 1.82. The van der Waals surface area contributed by atoms with Crippen molar-refractivity contribution in [1.82, 2.24) is 15.3 Å². The van der Waals surface area contributed by atoms with E-state index < -0.39 is 0 Å². The van der Waals surface area contributed by atoms with E-state index in [0.717, 1.165) is 56.0 Å². The van der Waals surface area contributed by atoms with Crippen molar-refractivity contribution in [1.29, 1.82) is 0 Å². The minimum atomic E-state index is -0.138. The average molecular weight is 411 g/mol. The fourth-order valence-electron chi connectivity index (χ4n) is 5.72. The number of rotatable bonds is 6. The summed E-state index contributed by atoms with van der Waals surface area (Å²) >= 11 is 0. The summed E-state index contributed by atoms with van der Waals surface area (Å²) in [5.41, 5.74) is 1.97. The minimum absolute atomic E-state index is 0.108. The van der Waals surface area contributed by atoms with Crippen LogP contribution in [0.5, 0.6) is 0 Å². The Bertz CT molecular complexity index is 958. The molecule has 5 rings (SSSR count). The van der Waals surface area contributed by atoms with Crippen LogP contribution in [0.3, 0.4) is 0 Å². The largest absolute Gasteiger partial charge is 0.459 e. The van der Waals surface area contributed by atoms with E-state index in [-0.39, 0.29) is 17.6 Å². The molecule has 2 aromatic rings. The Hall–Kier alpha value is -2.41. The fourth-order valence-corrected chi connectivity index (χ4v) is 5.72. The maximum absolute atomic E-state index is 12.5. The van der Waals surface area contributed by atoms with Crippen LogP contribution in [0.2, 0.25) is 0 Å². The van der Waals surface area contributed by atoms with Crippen molar-refractivity contribution in [2.75, 3.05) is 24.5 Å². The normalized spacial score (nSPS) is 29.4. The van der Waals surface area contributed by atoms with E-state index in [9.17, 15) is 4.79 Å². The van der Waals surface area contributed by atoms with Crippen LogP contribution in [-0.4, -0.2) is 47.2 Å². The fraction of sp³-hybridized carbons (Fsp3) is 0.609. The summed E-state index contributed by atoms with van der Waals surface area (Å²) in [4.78, 5) is 24.2. The lowest BCUT2D eigenvalue weighted by atomic mass is 9.73. The van der Waals surface area contributed by atoms with Crippen molar-refractivity contribution >= 4 is 11.7 Å². The molecule has 160 valence electrons. The maximum atomic E-state index is 12.5. The van der Waals surface area contributed by atoms with Crippen molar-refractivity contribution in [3.63, 3.8) is 0 Å². The number of amides is 1. The van der Waals surface area contributed by atoms with E-state index in [2.05, 4.69) is 22.1 Å². The van der Waals surface area contributed by atoms with Crippen LogP contribution in [0.1, 0.15) is 53.7 Å². The van der Waals surface area contributed by atoms with Gasteiger partial charge in [-0.05, 0) is 39.2 Å². The first-order valence-corrected chi connectivity index (χ1v) is 11.1. The molecule has 0 aliphatic carbocycles. The van der Waals surface area contributed by atoms with Gasteiger partial charge in [0, 0.05) is 48.8 Å². The third-order valence-electron chi connectivity index (χ3n) is 7.13. The molecule has 3 aliphatic heterocycles. The second kappa shape index (κ2) is 7.38. The Morgan fingerprint density at radius 2 is 2.27 bits per heavy atom. The van der Waals surface area contributed by atoms with E-state index in [0.29, 0.717) is 24.1 Å². The van der Waals surface area contributed by atoms with Gasteiger partial charge < -0.3 is 19.4 Å². The molecule has 5 heterocycles. The highest BCUT2D eigenvalue weighted by atomic mass is 16.5. The Morgan fingerprint density at radius 3 is 3.03 bits per heavy atom. The lowest BCUT2D eigenvalue weighted by molar-refractivity contribution is 0.0141. The van der Waals surface area contributed by atoms with E-state index in [1.807, 2.05) is 26.1 Å². The quantitative estimate of drug-likeness (QED) is 0.788. The monoisotopic (exact) mass is 410 g/mol. The number of hydrogen-bond donors (Lipinski definition) is 1. The van der Waals surface area contributed by atoms with Crippen LogP contribution in [0, 0.1) is 25.7 Å². The average Bonchev–Trinajstić information content (AvgIpc) is 3.48. The van der Waals surface area contributed by atoms with Crippen LogP contribution in [0.4, 0.5) is 5.82 Å². The number of aryl methyl sites for hydroxylation is 3. The molecule has 0 aromatic carbocycles. The van der Waals surface area contributed by atoms with Gasteiger partial charge in [0.15, 0.2) is 5.76 Å². The van der Waals surface area contributed by atoms with Crippen LogP contribution in [0.25, 0.3) is 0 Å². The molecule has 3 saturated heterocycles. The molecule has 30 heavy (non-hydrogen) atoms. The standard InChI is InChI=1S/C23H30N4O3/c1-4-5-16-10-24-15(3)26-21(16)27-12-18-17(19-6-8-23(18,13-27)30-19)11-25-22(28)20-14(2)7-9-29-20/h7,9-10,17-19H,4-6,8,11-13H2,1-3H3,(H,25,28)/t17-,18+,19+,23+/m0/s1. The molecule has 3 aliphatic rings. The number of fused-ring (bicyclic) bond motifs is 1. The lowest BCUT2D eigenvalue weighted by Crippen LogP contribution is -2.41. The van der Waals surface area contributed by atoms with E-state index in [1.165, 1.54) is 5.56 Å². The SMILES string of the molecule is CCCc1cnc(C)nc1N1C[C@@H]2[C@H](CNC(=O)c3occc3C)[C@H]3CC[C@]2(C1)O3. The number of anilines is 1. The number of nitrogens with one attached hydrogen (secondary N) is 1. The van der Waals surface area contributed by atoms with Gasteiger partial charge in [0.2, 0.25) is 0 Å². The third-order valence-corrected chi connectivity index (χ3v) is 7.13. The molecule has 0 unspecified atom stereocenters. The summed E-state index contributed by atoms with van der Waals surface area (Å²) in [7, 11) is 0. The van der Waals surface area contributed by atoms with Gasteiger partial charge in [0.05, 0.1) is 18.0 Å². The summed E-state index contributed by atoms with van der Waals surface area (Å²) in [5, 5.41) is 3.10. The Kier molecular flexibility index (Phi) is 4.81. The number of carbonyl (C=O) groups is 1. The molecule has 1 N–H and O–H groups in total. The third kappa shape index (κ3) is 3.11. The molecule has 2 bridgehead atoms. The number of carbonyl (C=O) groups excluding carboxylic acids is 1. The zero-order valence-electron chi connectivity index (χ0n) is 18.0. The van der Waals surface area contributed by atoms with Crippen molar-refractivity contribution in [2.45, 2.75) is 58.2 Å². The number of furan rings is 1. The predicted octanol–water partition coefficient (Wildman–Crippen LogP) is 3.05. The summed E-state index contributed by atoms with van der Waals surface area (Å²) in [6.45, 7) is 8.44. The highest BCUT2D eigenvalue weighted by molar-refractivity contribution is 5.92. The first kappa shape index (κ1) is 19.5. The lowest BCUT2D eigenvalue weighted by Gasteiger charge is -2.29.